The molecule has 1 aliphatic carbocycles. The maximum absolute atomic E-state index is 11.4. The van der Waals surface area contributed by atoms with E-state index in [-0.39, 0.29) is 5.92 Å². The van der Waals surface area contributed by atoms with Gasteiger partial charge in [-0.1, -0.05) is 39.5 Å². The zero-order valence-corrected chi connectivity index (χ0v) is 12.5. The predicted molar refractivity (Wildman–Crippen MR) is 77.2 cm³/mol. The summed E-state index contributed by atoms with van der Waals surface area (Å²) in [6, 6.07) is 0.304. The molecular weight excluding hydrogens is 238 g/mol. The minimum absolute atomic E-state index is 0.121. The van der Waals surface area contributed by atoms with Gasteiger partial charge in [0.2, 0.25) is 0 Å². The van der Waals surface area contributed by atoms with Gasteiger partial charge in [0, 0.05) is 6.04 Å². The quantitative estimate of drug-likeness (QED) is 0.847. The fraction of sp³-hybridized carbons (Fsp3) is 0.938. The lowest BCUT2D eigenvalue weighted by Crippen LogP contribution is -2.50. The minimum Gasteiger partial charge on any atom is -0.481 e. The molecule has 1 heterocycles. The van der Waals surface area contributed by atoms with Crippen LogP contribution in [0.3, 0.4) is 0 Å². The van der Waals surface area contributed by atoms with Crippen LogP contribution in [0.4, 0.5) is 0 Å². The lowest BCUT2D eigenvalue weighted by atomic mass is 9.73. The highest BCUT2D eigenvalue weighted by Gasteiger charge is 2.39. The molecule has 3 nitrogen and oxygen atoms in total. The number of rotatable bonds is 4. The first-order valence-corrected chi connectivity index (χ1v) is 8.09. The highest BCUT2D eigenvalue weighted by molar-refractivity contribution is 5.71. The molecule has 0 aromatic rings. The molecule has 0 bridgehead atoms. The molecule has 0 radical (unpaired) electrons. The predicted octanol–water partition coefficient (Wildman–Crippen LogP) is 3.53. The van der Waals surface area contributed by atoms with Gasteiger partial charge in [-0.25, -0.2) is 0 Å². The third-order valence-corrected chi connectivity index (χ3v) is 5.87. The van der Waals surface area contributed by atoms with Crippen molar-refractivity contribution in [3.8, 4) is 0 Å². The smallest absolute Gasteiger partial charge is 0.308 e. The lowest BCUT2D eigenvalue weighted by Gasteiger charge is -2.46. The van der Waals surface area contributed by atoms with Crippen molar-refractivity contribution in [2.75, 3.05) is 13.1 Å². The van der Waals surface area contributed by atoms with E-state index >= 15 is 0 Å². The first kappa shape index (κ1) is 14.8. The van der Waals surface area contributed by atoms with Crippen LogP contribution >= 0.6 is 0 Å². The fourth-order valence-electron chi connectivity index (χ4n) is 4.12. The molecule has 1 saturated heterocycles. The topological polar surface area (TPSA) is 40.5 Å². The van der Waals surface area contributed by atoms with Gasteiger partial charge in [-0.15, -0.1) is 0 Å². The van der Waals surface area contributed by atoms with Crippen LogP contribution in [0.5, 0.6) is 0 Å². The Morgan fingerprint density at radius 3 is 2.26 bits per heavy atom. The Bertz CT molecular complexity index is 302. The minimum atomic E-state index is -0.576. The Balaban J connectivity index is 1.97. The molecular formula is C16H29NO2. The molecule has 0 aromatic heterocycles. The Morgan fingerprint density at radius 2 is 1.74 bits per heavy atom. The summed E-state index contributed by atoms with van der Waals surface area (Å²) in [7, 11) is 0. The maximum atomic E-state index is 11.4. The van der Waals surface area contributed by atoms with Crippen LogP contribution in [0.1, 0.15) is 65.2 Å². The van der Waals surface area contributed by atoms with Gasteiger partial charge in [-0.05, 0) is 44.2 Å². The van der Waals surface area contributed by atoms with E-state index in [1.165, 1.54) is 32.1 Å². The van der Waals surface area contributed by atoms with Crippen LogP contribution in [0, 0.1) is 11.3 Å². The van der Waals surface area contributed by atoms with E-state index in [1.54, 1.807) is 0 Å². The van der Waals surface area contributed by atoms with Crippen molar-refractivity contribution >= 4 is 5.97 Å². The van der Waals surface area contributed by atoms with Gasteiger partial charge in [0.25, 0.3) is 0 Å². The van der Waals surface area contributed by atoms with Gasteiger partial charge in [0.15, 0.2) is 0 Å². The Kier molecular flexibility index (Phi) is 4.88. The van der Waals surface area contributed by atoms with Crippen molar-refractivity contribution in [2.45, 2.75) is 71.3 Å². The number of nitrogens with zero attached hydrogens (tertiary/aromatic N) is 1. The molecule has 1 N–H and O–H groups in total. The molecule has 2 rings (SSSR count). The van der Waals surface area contributed by atoms with Gasteiger partial charge in [-0.3, -0.25) is 9.69 Å². The van der Waals surface area contributed by atoms with Crippen LogP contribution < -0.4 is 0 Å². The number of carboxylic acid groups (broad SMARTS) is 1. The van der Waals surface area contributed by atoms with E-state index < -0.39 is 5.97 Å². The Morgan fingerprint density at radius 1 is 1.16 bits per heavy atom. The van der Waals surface area contributed by atoms with Gasteiger partial charge in [0.1, 0.15) is 0 Å². The van der Waals surface area contributed by atoms with Gasteiger partial charge < -0.3 is 5.11 Å². The van der Waals surface area contributed by atoms with E-state index in [4.69, 9.17) is 0 Å². The highest BCUT2D eigenvalue weighted by Crippen LogP contribution is 2.40. The first-order chi connectivity index (χ1) is 9.12. The molecule has 1 saturated carbocycles. The second kappa shape index (κ2) is 6.25. The SMILES string of the molecule is CCC1(CC)CCN(C2CCCCC2C(=O)O)CC1. The van der Waals surface area contributed by atoms with Crippen LogP contribution in [0.15, 0.2) is 0 Å². The second-order valence-corrected chi connectivity index (χ2v) is 6.54. The number of piperidine rings is 1. The van der Waals surface area contributed by atoms with Crippen molar-refractivity contribution in [1.29, 1.82) is 0 Å². The van der Waals surface area contributed by atoms with E-state index in [0.29, 0.717) is 11.5 Å². The molecule has 19 heavy (non-hydrogen) atoms. The second-order valence-electron chi connectivity index (χ2n) is 6.54. The summed E-state index contributed by atoms with van der Waals surface area (Å²) in [5, 5.41) is 9.41. The highest BCUT2D eigenvalue weighted by atomic mass is 16.4. The summed E-state index contributed by atoms with van der Waals surface area (Å²) >= 11 is 0. The van der Waals surface area contributed by atoms with E-state index in [0.717, 1.165) is 32.4 Å². The number of carbonyl (C=O) groups is 1. The van der Waals surface area contributed by atoms with Crippen LogP contribution in [-0.2, 0) is 4.79 Å². The van der Waals surface area contributed by atoms with Gasteiger partial charge >= 0.3 is 5.97 Å². The summed E-state index contributed by atoms with van der Waals surface area (Å²) in [5.74, 6) is -0.697. The largest absolute Gasteiger partial charge is 0.481 e. The first-order valence-electron chi connectivity index (χ1n) is 8.09. The van der Waals surface area contributed by atoms with Crippen LogP contribution in [0.25, 0.3) is 0 Å². The summed E-state index contributed by atoms with van der Waals surface area (Å²) < 4.78 is 0. The number of hydrogen-bond donors (Lipinski definition) is 1. The average Bonchev–Trinajstić information content (AvgIpc) is 2.47. The van der Waals surface area contributed by atoms with Gasteiger partial charge in [-0.2, -0.15) is 0 Å². The van der Waals surface area contributed by atoms with Gasteiger partial charge in [0.05, 0.1) is 5.92 Å². The lowest BCUT2D eigenvalue weighted by molar-refractivity contribution is -0.146. The zero-order valence-electron chi connectivity index (χ0n) is 12.5. The van der Waals surface area contributed by atoms with Crippen molar-refractivity contribution in [3.05, 3.63) is 0 Å². The van der Waals surface area contributed by atoms with E-state index in [1.807, 2.05) is 0 Å². The summed E-state index contributed by atoms with van der Waals surface area (Å²) in [4.78, 5) is 13.9. The van der Waals surface area contributed by atoms with Crippen molar-refractivity contribution < 1.29 is 9.90 Å². The number of likely N-dealkylation sites (tertiary alicyclic amines) is 1. The van der Waals surface area contributed by atoms with Crippen molar-refractivity contribution in [2.24, 2.45) is 11.3 Å². The standard InChI is InChI=1S/C16H29NO2/c1-3-16(4-2)9-11-17(12-10-16)14-8-6-5-7-13(14)15(18)19/h13-14H,3-12H2,1-2H3,(H,18,19). The van der Waals surface area contributed by atoms with Crippen molar-refractivity contribution in [3.63, 3.8) is 0 Å². The number of aliphatic carboxylic acids is 1. The maximum Gasteiger partial charge on any atom is 0.308 e. The zero-order chi connectivity index (χ0) is 13.9. The molecule has 2 unspecified atom stereocenters. The van der Waals surface area contributed by atoms with Crippen molar-refractivity contribution in [1.82, 2.24) is 4.90 Å². The molecule has 0 aromatic carbocycles. The molecule has 0 amide bonds. The number of carboxylic acids is 1. The molecule has 3 heteroatoms. The summed E-state index contributed by atoms with van der Waals surface area (Å²) in [6.45, 7) is 6.83. The molecule has 110 valence electrons. The summed E-state index contributed by atoms with van der Waals surface area (Å²) in [6.07, 6.45) is 9.30. The summed E-state index contributed by atoms with van der Waals surface area (Å²) in [5.41, 5.74) is 0.532. The average molecular weight is 267 g/mol. The monoisotopic (exact) mass is 267 g/mol. The molecule has 0 spiro atoms. The molecule has 1 aliphatic heterocycles. The normalized spacial score (nSPS) is 32.1. The molecule has 2 atom stereocenters. The van der Waals surface area contributed by atoms with E-state index in [2.05, 4.69) is 18.7 Å². The molecule has 2 aliphatic rings. The third kappa shape index (κ3) is 3.13. The Hall–Kier alpha value is -0.570. The van der Waals surface area contributed by atoms with Crippen LogP contribution in [-0.4, -0.2) is 35.1 Å². The number of hydrogen-bond acceptors (Lipinski definition) is 2. The van der Waals surface area contributed by atoms with E-state index in [9.17, 15) is 9.90 Å². The molecule has 2 fully saturated rings. The fourth-order valence-corrected chi connectivity index (χ4v) is 4.12. The third-order valence-electron chi connectivity index (χ3n) is 5.87. The van der Waals surface area contributed by atoms with Crippen LogP contribution in [0.2, 0.25) is 0 Å². The Labute approximate surface area is 117 Å².